The molecule has 0 radical (unpaired) electrons. The summed E-state index contributed by atoms with van der Waals surface area (Å²) >= 11 is 0. The lowest BCUT2D eigenvalue weighted by molar-refractivity contribution is -0.156. The quantitative estimate of drug-likeness (QED) is 0.314. The average Bonchev–Trinajstić information content (AvgIpc) is 2.00. The lowest BCUT2D eigenvalue weighted by atomic mass is 10.1. The molecule has 0 aliphatic heterocycles. The van der Waals surface area contributed by atoms with Gasteiger partial charge in [0, 0.05) is 0 Å². The first-order valence-electron chi connectivity index (χ1n) is 2.95. The molecule has 0 saturated carbocycles. The third-order valence-corrected chi connectivity index (χ3v) is 1.23. The minimum absolute atomic E-state index is 1.58. The molecule has 70 valence electrons. The monoisotopic (exact) mass is 179 g/mol. The largest absolute Gasteiger partial charge is 0.480 e. The first kappa shape index (κ1) is 10.8. The fraction of sp³-hybridized carbons (Fsp3) is 0.600. The number of hydrogen-bond acceptors (Lipinski definition) is 5. The van der Waals surface area contributed by atoms with Crippen molar-refractivity contribution in [1.29, 1.82) is 0 Å². The molecule has 0 aliphatic rings. The minimum atomic E-state index is -2.18. The summed E-state index contributed by atoms with van der Waals surface area (Å²) in [7, 11) is 0. The van der Waals surface area contributed by atoms with Gasteiger partial charge in [-0.1, -0.05) is 0 Å². The van der Waals surface area contributed by atoms with Gasteiger partial charge in [-0.05, 0) is 0 Å². The first-order chi connectivity index (χ1) is 5.37. The molecule has 0 spiro atoms. The number of carbonyl (C=O) groups is 2. The fourth-order valence-corrected chi connectivity index (χ4v) is 0.489. The third-order valence-electron chi connectivity index (χ3n) is 1.23. The Bertz CT molecular complexity index is 172. The van der Waals surface area contributed by atoms with E-state index in [-0.39, 0.29) is 0 Å². The lowest BCUT2D eigenvalue weighted by Crippen LogP contribution is -2.50. The van der Waals surface area contributed by atoms with Gasteiger partial charge in [0.2, 0.25) is 0 Å². The van der Waals surface area contributed by atoms with Crippen LogP contribution in [0.25, 0.3) is 0 Å². The van der Waals surface area contributed by atoms with Gasteiger partial charge in [-0.25, -0.2) is 4.79 Å². The van der Waals surface area contributed by atoms with Crippen molar-refractivity contribution in [2.75, 3.05) is 0 Å². The van der Waals surface area contributed by atoms with E-state index in [4.69, 9.17) is 26.2 Å². The van der Waals surface area contributed by atoms with Gasteiger partial charge >= 0.3 is 11.9 Å². The zero-order valence-electron chi connectivity index (χ0n) is 5.91. The SMILES string of the molecule is N[C@@H](C(=O)O)[C@H](O)[C@H](O)C(=O)O. The zero-order chi connectivity index (χ0) is 9.89. The summed E-state index contributed by atoms with van der Waals surface area (Å²) in [5.74, 6) is -3.30. The van der Waals surface area contributed by atoms with Crippen molar-refractivity contribution in [3.8, 4) is 0 Å². The summed E-state index contributed by atoms with van der Waals surface area (Å²) < 4.78 is 0. The van der Waals surface area contributed by atoms with Crippen molar-refractivity contribution in [2.45, 2.75) is 18.2 Å². The average molecular weight is 179 g/mol. The highest BCUT2D eigenvalue weighted by atomic mass is 16.4. The Kier molecular flexibility index (Phi) is 3.61. The van der Waals surface area contributed by atoms with E-state index >= 15 is 0 Å². The third kappa shape index (κ3) is 2.46. The van der Waals surface area contributed by atoms with Gasteiger partial charge in [0.1, 0.15) is 12.1 Å². The Morgan fingerprint density at radius 1 is 1.08 bits per heavy atom. The first-order valence-corrected chi connectivity index (χ1v) is 2.95. The molecule has 3 atom stereocenters. The maximum Gasteiger partial charge on any atom is 0.335 e. The summed E-state index contributed by atoms with van der Waals surface area (Å²) in [6, 6.07) is -1.81. The highest BCUT2D eigenvalue weighted by Gasteiger charge is 2.32. The molecule has 0 aromatic carbocycles. The van der Waals surface area contributed by atoms with E-state index in [0.717, 1.165) is 0 Å². The van der Waals surface area contributed by atoms with Gasteiger partial charge in [0.05, 0.1) is 0 Å². The second-order valence-electron chi connectivity index (χ2n) is 2.14. The second kappa shape index (κ2) is 4.00. The molecule has 6 N–H and O–H groups in total. The second-order valence-corrected chi connectivity index (χ2v) is 2.14. The molecule has 0 aliphatic carbocycles. The van der Waals surface area contributed by atoms with Gasteiger partial charge in [0.25, 0.3) is 0 Å². The van der Waals surface area contributed by atoms with Crippen LogP contribution in [0.15, 0.2) is 0 Å². The van der Waals surface area contributed by atoms with Crippen molar-refractivity contribution < 1.29 is 30.0 Å². The van der Waals surface area contributed by atoms with Gasteiger partial charge in [0.15, 0.2) is 6.10 Å². The predicted octanol–water partition coefficient (Wildman–Crippen LogP) is -2.80. The number of hydrogen-bond donors (Lipinski definition) is 5. The van der Waals surface area contributed by atoms with E-state index in [1.165, 1.54) is 0 Å². The zero-order valence-corrected chi connectivity index (χ0v) is 5.91. The Hall–Kier alpha value is -1.18. The molecule has 7 heteroatoms. The molecule has 0 heterocycles. The van der Waals surface area contributed by atoms with Crippen LogP contribution in [0.4, 0.5) is 0 Å². The maximum absolute atomic E-state index is 10.1. The van der Waals surface area contributed by atoms with Crippen LogP contribution in [-0.2, 0) is 9.59 Å². The van der Waals surface area contributed by atoms with Gasteiger partial charge < -0.3 is 26.2 Å². The summed E-state index contributed by atoms with van der Waals surface area (Å²) in [4.78, 5) is 20.1. The molecule has 0 aromatic rings. The van der Waals surface area contributed by atoms with Crippen LogP contribution in [0.3, 0.4) is 0 Å². The number of aliphatic hydroxyl groups excluding tert-OH is 2. The summed E-state index contributed by atoms with van der Waals surface area (Å²) in [6.07, 6.45) is -4.20. The number of aliphatic hydroxyl groups is 2. The van der Waals surface area contributed by atoms with Crippen molar-refractivity contribution in [1.82, 2.24) is 0 Å². The van der Waals surface area contributed by atoms with E-state index in [0.29, 0.717) is 0 Å². The van der Waals surface area contributed by atoms with E-state index in [1.807, 2.05) is 0 Å². The minimum Gasteiger partial charge on any atom is -0.480 e. The summed E-state index contributed by atoms with van der Waals surface area (Å²) in [5, 5.41) is 33.7. The summed E-state index contributed by atoms with van der Waals surface area (Å²) in [5.41, 5.74) is 4.83. The van der Waals surface area contributed by atoms with Crippen LogP contribution >= 0.6 is 0 Å². The van der Waals surface area contributed by atoms with E-state index < -0.39 is 30.2 Å². The van der Waals surface area contributed by atoms with Crippen molar-refractivity contribution >= 4 is 11.9 Å². The van der Waals surface area contributed by atoms with Crippen molar-refractivity contribution in [3.63, 3.8) is 0 Å². The molecular weight excluding hydrogens is 170 g/mol. The number of rotatable bonds is 4. The Balaban J connectivity index is 4.28. The van der Waals surface area contributed by atoms with Crippen molar-refractivity contribution in [3.05, 3.63) is 0 Å². The van der Waals surface area contributed by atoms with E-state index in [2.05, 4.69) is 0 Å². The van der Waals surface area contributed by atoms with Crippen LogP contribution in [0.5, 0.6) is 0 Å². The molecular formula is C5H9NO6. The Labute approximate surface area is 67.0 Å². The molecule has 0 bridgehead atoms. The molecule has 0 saturated heterocycles. The van der Waals surface area contributed by atoms with Crippen LogP contribution in [0.2, 0.25) is 0 Å². The van der Waals surface area contributed by atoms with Gasteiger partial charge in [-0.15, -0.1) is 0 Å². The van der Waals surface area contributed by atoms with Crippen LogP contribution < -0.4 is 5.73 Å². The normalized spacial score (nSPS) is 17.9. The van der Waals surface area contributed by atoms with Crippen LogP contribution in [0, 0.1) is 0 Å². The maximum atomic E-state index is 10.1. The number of carboxylic acid groups (broad SMARTS) is 2. The molecule has 0 amide bonds. The molecule has 7 nitrogen and oxygen atoms in total. The van der Waals surface area contributed by atoms with Gasteiger partial charge in [-0.3, -0.25) is 4.79 Å². The van der Waals surface area contributed by atoms with E-state index in [1.54, 1.807) is 0 Å². The fourth-order valence-electron chi connectivity index (χ4n) is 0.489. The summed E-state index contributed by atoms with van der Waals surface area (Å²) in [6.45, 7) is 0. The molecule has 0 aromatic heterocycles. The highest BCUT2D eigenvalue weighted by Crippen LogP contribution is 1.98. The standard InChI is InChI=1S/C5H9NO6/c6-1(4(9)10)2(7)3(8)5(11)12/h1-3,7-8H,6H2,(H,9,10)(H,11,12)/t1-,2+,3+/m1/s1. The topological polar surface area (TPSA) is 141 Å². The van der Waals surface area contributed by atoms with Crippen LogP contribution in [-0.4, -0.2) is 50.6 Å². The van der Waals surface area contributed by atoms with Crippen molar-refractivity contribution in [2.24, 2.45) is 5.73 Å². The molecule has 12 heavy (non-hydrogen) atoms. The van der Waals surface area contributed by atoms with E-state index in [9.17, 15) is 9.59 Å². The molecule has 0 unspecified atom stereocenters. The molecule has 0 rings (SSSR count). The Morgan fingerprint density at radius 2 is 1.50 bits per heavy atom. The van der Waals surface area contributed by atoms with Crippen LogP contribution in [0.1, 0.15) is 0 Å². The number of carboxylic acids is 2. The predicted molar refractivity (Wildman–Crippen MR) is 35.3 cm³/mol. The highest BCUT2D eigenvalue weighted by molar-refractivity contribution is 5.78. The lowest BCUT2D eigenvalue weighted by Gasteiger charge is -2.16. The number of aliphatic carboxylic acids is 2. The number of nitrogens with two attached hydrogens (primary N) is 1. The van der Waals surface area contributed by atoms with Gasteiger partial charge in [-0.2, -0.15) is 0 Å². The Morgan fingerprint density at radius 3 is 1.75 bits per heavy atom. The smallest absolute Gasteiger partial charge is 0.335 e. The molecule has 0 fully saturated rings.